The molecule has 6 nitrogen and oxygen atoms in total. The minimum absolute atomic E-state index is 0.136. The third-order valence-electron chi connectivity index (χ3n) is 8.97. The molecule has 6 rings (SSSR count). The average molecular weight is 579 g/mol. The van der Waals surface area contributed by atoms with Crippen LogP contribution in [0.25, 0.3) is 21.8 Å². The Morgan fingerprint density at radius 1 is 1.02 bits per heavy atom. The number of hydrogen-bond donors (Lipinski definition) is 0. The molecule has 2 aromatic carbocycles. The second-order valence-corrected chi connectivity index (χ2v) is 12.5. The standard InChI is InChI=1S/C32H34F4N6/c1-20(2)15-42-24(14-37)11-25-21(3)22(4-5-29(25)42)16-40-8-6-31(7-9-40)17-41(18-31)30-26-10-23(13-32(34,35)36)27(33)12-28(26)38-19-39-30/h4-5,10-12,19-20H,6-9,13,15-18H2,1-3H3. The summed E-state index contributed by atoms with van der Waals surface area (Å²) in [7, 11) is 0. The highest BCUT2D eigenvalue weighted by atomic mass is 19.4. The number of piperidine rings is 1. The van der Waals surface area contributed by atoms with E-state index in [9.17, 15) is 22.8 Å². The maximum atomic E-state index is 14.3. The molecule has 2 fully saturated rings. The summed E-state index contributed by atoms with van der Waals surface area (Å²) in [5.41, 5.74) is 4.37. The maximum Gasteiger partial charge on any atom is 0.393 e. The zero-order valence-corrected chi connectivity index (χ0v) is 24.1. The molecular weight excluding hydrogens is 544 g/mol. The smallest absolute Gasteiger partial charge is 0.355 e. The fraction of sp³-hybridized carbons (Fsp3) is 0.469. The minimum Gasteiger partial charge on any atom is -0.355 e. The van der Waals surface area contributed by atoms with Crippen LogP contribution in [-0.4, -0.2) is 51.8 Å². The Labute approximate surface area is 242 Å². The molecule has 0 atom stereocenters. The van der Waals surface area contributed by atoms with Crippen molar-refractivity contribution in [3.8, 4) is 6.07 Å². The van der Waals surface area contributed by atoms with E-state index in [1.165, 1.54) is 23.5 Å². The van der Waals surface area contributed by atoms with E-state index in [-0.39, 0.29) is 11.0 Å². The Hall–Kier alpha value is -3.71. The van der Waals surface area contributed by atoms with Gasteiger partial charge in [0.2, 0.25) is 0 Å². The largest absolute Gasteiger partial charge is 0.393 e. The predicted molar refractivity (Wildman–Crippen MR) is 155 cm³/mol. The predicted octanol–water partition coefficient (Wildman–Crippen LogP) is 6.77. The van der Waals surface area contributed by atoms with Gasteiger partial charge in [0.15, 0.2) is 0 Å². The zero-order chi connectivity index (χ0) is 29.8. The highest BCUT2D eigenvalue weighted by Crippen LogP contribution is 2.44. The van der Waals surface area contributed by atoms with Crippen LogP contribution in [0.1, 0.15) is 49.1 Å². The molecule has 2 aliphatic heterocycles. The number of aromatic nitrogens is 3. The molecule has 0 unspecified atom stereocenters. The second kappa shape index (κ2) is 10.5. The lowest BCUT2D eigenvalue weighted by molar-refractivity contribution is -0.127. The van der Waals surface area contributed by atoms with Gasteiger partial charge in [-0.2, -0.15) is 18.4 Å². The van der Waals surface area contributed by atoms with E-state index >= 15 is 0 Å². The van der Waals surface area contributed by atoms with Crippen molar-refractivity contribution in [3.05, 3.63) is 64.9 Å². The van der Waals surface area contributed by atoms with E-state index in [0.717, 1.165) is 69.1 Å². The summed E-state index contributed by atoms with van der Waals surface area (Å²) < 4.78 is 55.5. The molecule has 42 heavy (non-hydrogen) atoms. The summed E-state index contributed by atoms with van der Waals surface area (Å²) in [6, 6.07) is 11.1. The number of anilines is 1. The molecule has 0 radical (unpaired) electrons. The fourth-order valence-electron chi connectivity index (χ4n) is 6.72. The first kappa shape index (κ1) is 28.4. The second-order valence-electron chi connectivity index (χ2n) is 12.5. The highest BCUT2D eigenvalue weighted by molar-refractivity contribution is 5.90. The van der Waals surface area contributed by atoms with Gasteiger partial charge in [0.05, 0.1) is 11.9 Å². The van der Waals surface area contributed by atoms with E-state index < -0.39 is 18.4 Å². The van der Waals surface area contributed by atoms with Gasteiger partial charge < -0.3 is 9.47 Å². The maximum absolute atomic E-state index is 14.3. The normalized spacial score (nSPS) is 17.4. The number of benzene rings is 2. The lowest BCUT2D eigenvalue weighted by atomic mass is 9.72. The number of likely N-dealkylation sites (tertiary alicyclic amines) is 1. The number of fused-ring (bicyclic) bond motifs is 2. The van der Waals surface area contributed by atoms with Crippen LogP contribution in [0.15, 0.2) is 36.7 Å². The lowest BCUT2D eigenvalue weighted by Gasteiger charge is -2.54. The molecule has 2 aromatic heterocycles. The zero-order valence-electron chi connectivity index (χ0n) is 24.1. The van der Waals surface area contributed by atoms with Gasteiger partial charge in [-0.1, -0.05) is 19.9 Å². The Morgan fingerprint density at radius 2 is 1.76 bits per heavy atom. The van der Waals surface area contributed by atoms with Crippen LogP contribution in [0.2, 0.25) is 0 Å². The molecule has 0 aliphatic carbocycles. The summed E-state index contributed by atoms with van der Waals surface area (Å²) in [4.78, 5) is 13.1. The first-order chi connectivity index (χ1) is 19.9. The summed E-state index contributed by atoms with van der Waals surface area (Å²) in [5, 5.41) is 11.3. The summed E-state index contributed by atoms with van der Waals surface area (Å²) >= 11 is 0. The Bertz CT molecular complexity index is 1680. The van der Waals surface area contributed by atoms with Gasteiger partial charge in [-0.15, -0.1) is 0 Å². The van der Waals surface area contributed by atoms with Crippen LogP contribution in [0, 0.1) is 35.4 Å². The van der Waals surface area contributed by atoms with Gasteiger partial charge in [0, 0.05) is 53.9 Å². The summed E-state index contributed by atoms with van der Waals surface area (Å²) in [6.07, 6.45) is -2.43. The van der Waals surface area contributed by atoms with Crippen molar-refractivity contribution in [2.45, 2.75) is 59.3 Å². The molecule has 0 bridgehead atoms. The number of aryl methyl sites for hydroxylation is 1. The van der Waals surface area contributed by atoms with E-state index in [1.54, 1.807) is 0 Å². The molecule has 0 N–H and O–H groups in total. The van der Waals surface area contributed by atoms with Gasteiger partial charge in [0.1, 0.15) is 29.7 Å². The molecule has 2 saturated heterocycles. The molecule has 10 heteroatoms. The number of alkyl halides is 3. The van der Waals surface area contributed by atoms with E-state index in [1.807, 2.05) is 6.07 Å². The molecule has 4 aromatic rings. The van der Waals surface area contributed by atoms with Crippen LogP contribution in [0.4, 0.5) is 23.4 Å². The number of rotatable bonds is 6. The van der Waals surface area contributed by atoms with Gasteiger partial charge in [-0.05, 0) is 73.7 Å². The van der Waals surface area contributed by atoms with Crippen LogP contribution in [0.5, 0.6) is 0 Å². The minimum atomic E-state index is -4.50. The average Bonchev–Trinajstić information content (AvgIpc) is 3.26. The van der Waals surface area contributed by atoms with E-state index in [2.05, 4.69) is 63.3 Å². The molecule has 2 aliphatic rings. The van der Waals surface area contributed by atoms with Gasteiger partial charge >= 0.3 is 6.18 Å². The van der Waals surface area contributed by atoms with Crippen LogP contribution < -0.4 is 4.90 Å². The monoisotopic (exact) mass is 578 g/mol. The Kier molecular flexibility index (Phi) is 7.12. The molecular formula is C32H34F4N6. The number of hydrogen-bond acceptors (Lipinski definition) is 5. The molecule has 4 heterocycles. The topological polar surface area (TPSA) is 61.0 Å². The number of nitrogens with zero attached hydrogens (tertiary/aromatic N) is 6. The summed E-state index contributed by atoms with van der Waals surface area (Å²) in [5.74, 6) is 0.116. The van der Waals surface area contributed by atoms with Crippen molar-refractivity contribution in [1.82, 2.24) is 19.4 Å². The van der Waals surface area contributed by atoms with Crippen LogP contribution >= 0.6 is 0 Å². The molecule has 1 spiro atoms. The van der Waals surface area contributed by atoms with Gasteiger partial charge in [-0.25, -0.2) is 14.4 Å². The molecule has 0 saturated carbocycles. The fourth-order valence-corrected chi connectivity index (χ4v) is 6.72. The van der Waals surface area contributed by atoms with Crippen molar-refractivity contribution in [3.63, 3.8) is 0 Å². The van der Waals surface area contributed by atoms with Gasteiger partial charge in [-0.3, -0.25) is 4.90 Å². The highest BCUT2D eigenvalue weighted by Gasteiger charge is 2.45. The summed E-state index contributed by atoms with van der Waals surface area (Å²) in [6.45, 7) is 11.6. The van der Waals surface area contributed by atoms with Crippen molar-refractivity contribution in [2.75, 3.05) is 31.1 Å². The van der Waals surface area contributed by atoms with Crippen molar-refractivity contribution >= 4 is 27.6 Å². The van der Waals surface area contributed by atoms with E-state index in [0.29, 0.717) is 28.3 Å². The third kappa shape index (κ3) is 5.31. The Morgan fingerprint density at radius 3 is 2.43 bits per heavy atom. The van der Waals surface area contributed by atoms with Crippen LogP contribution in [-0.2, 0) is 19.5 Å². The van der Waals surface area contributed by atoms with Crippen LogP contribution in [0.3, 0.4) is 0 Å². The van der Waals surface area contributed by atoms with Gasteiger partial charge in [0.25, 0.3) is 0 Å². The Balaban J connectivity index is 1.13. The van der Waals surface area contributed by atoms with Crippen molar-refractivity contribution < 1.29 is 17.6 Å². The van der Waals surface area contributed by atoms with Crippen molar-refractivity contribution in [2.24, 2.45) is 11.3 Å². The first-order valence-electron chi connectivity index (χ1n) is 14.4. The molecule has 220 valence electrons. The first-order valence-corrected chi connectivity index (χ1v) is 14.4. The quantitative estimate of drug-likeness (QED) is 0.237. The van der Waals surface area contributed by atoms with E-state index in [4.69, 9.17) is 0 Å². The number of halogens is 4. The third-order valence-corrected chi connectivity index (χ3v) is 8.97. The van der Waals surface area contributed by atoms with Crippen molar-refractivity contribution in [1.29, 1.82) is 5.26 Å². The lowest BCUT2D eigenvalue weighted by Crippen LogP contribution is -2.60. The SMILES string of the molecule is Cc1c(CN2CCC3(CC2)CN(c2ncnc4cc(F)c(CC(F)(F)F)cc24)C3)ccc2c1cc(C#N)n2CC(C)C. The number of nitriles is 1. The molecule has 0 amide bonds.